The molecule has 1 unspecified atom stereocenters. The average molecular weight is 261 g/mol. The van der Waals surface area contributed by atoms with Gasteiger partial charge in [-0.3, -0.25) is 4.79 Å². The first-order valence-corrected chi connectivity index (χ1v) is 6.92. The summed E-state index contributed by atoms with van der Waals surface area (Å²) in [5, 5.41) is 6.45. The van der Waals surface area contributed by atoms with E-state index in [0.29, 0.717) is 0 Å². The first-order chi connectivity index (χ1) is 9.09. The van der Waals surface area contributed by atoms with Crippen molar-refractivity contribution in [2.75, 3.05) is 30.9 Å². The lowest BCUT2D eigenvalue weighted by Gasteiger charge is -2.28. The van der Waals surface area contributed by atoms with Crippen LogP contribution in [-0.2, 0) is 4.79 Å². The number of rotatable bonds is 4. The molecule has 4 heteroatoms. The Labute approximate surface area is 115 Å². The minimum Gasteiger partial charge on any atom is -0.376 e. The van der Waals surface area contributed by atoms with Gasteiger partial charge in [0.05, 0.1) is 16.9 Å². The predicted octanol–water partition coefficient (Wildman–Crippen LogP) is 2.22. The Bertz CT molecular complexity index is 450. The van der Waals surface area contributed by atoms with Crippen molar-refractivity contribution in [2.24, 2.45) is 0 Å². The van der Waals surface area contributed by atoms with Crippen LogP contribution in [0, 0.1) is 0 Å². The maximum absolute atomic E-state index is 12.6. The first-order valence-electron chi connectivity index (χ1n) is 6.92. The fourth-order valence-corrected chi connectivity index (χ4v) is 2.67. The van der Waals surface area contributed by atoms with Crippen LogP contribution in [0.25, 0.3) is 0 Å². The molecule has 1 aliphatic heterocycles. The van der Waals surface area contributed by atoms with E-state index in [1.165, 1.54) is 0 Å². The molecule has 1 amide bonds. The average Bonchev–Trinajstić information content (AvgIpc) is 2.89. The third-order valence-corrected chi connectivity index (χ3v) is 3.92. The number of carbonyl (C=O) groups is 1. The number of carbonyl (C=O) groups excluding carboxylic acids is 1. The summed E-state index contributed by atoms with van der Waals surface area (Å²) in [5.74, 6) is 0.0850. The van der Waals surface area contributed by atoms with Crippen LogP contribution >= 0.6 is 0 Å². The summed E-state index contributed by atoms with van der Waals surface area (Å²) in [7, 11) is 3.96. The Morgan fingerprint density at radius 2 is 2.16 bits per heavy atom. The van der Waals surface area contributed by atoms with Crippen LogP contribution in [0.15, 0.2) is 24.3 Å². The molecule has 0 spiro atoms. The third-order valence-electron chi connectivity index (χ3n) is 3.92. The van der Waals surface area contributed by atoms with Crippen molar-refractivity contribution in [2.45, 2.75) is 31.7 Å². The van der Waals surface area contributed by atoms with E-state index in [0.717, 1.165) is 37.2 Å². The minimum absolute atomic E-state index is 0.0850. The summed E-state index contributed by atoms with van der Waals surface area (Å²) in [6, 6.07) is 7.89. The predicted molar refractivity (Wildman–Crippen MR) is 79.7 cm³/mol. The van der Waals surface area contributed by atoms with Crippen molar-refractivity contribution in [1.29, 1.82) is 0 Å². The lowest BCUT2D eigenvalue weighted by Crippen LogP contribution is -2.50. The monoisotopic (exact) mass is 261 g/mol. The largest absolute Gasteiger partial charge is 0.376 e. The highest BCUT2D eigenvalue weighted by Gasteiger charge is 2.39. The molecule has 1 heterocycles. The number of nitrogens with one attached hydrogen (secondary N) is 2. The van der Waals surface area contributed by atoms with E-state index < -0.39 is 0 Å². The molecule has 1 atom stereocenters. The van der Waals surface area contributed by atoms with E-state index in [4.69, 9.17) is 0 Å². The molecule has 0 aromatic heterocycles. The van der Waals surface area contributed by atoms with Gasteiger partial charge in [0.25, 0.3) is 0 Å². The minimum atomic E-state index is -0.389. The molecule has 1 aromatic carbocycles. The highest BCUT2D eigenvalue weighted by Crippen LogP contribution is 2.28. The standard InChI is InChI=1S/C15H23N3O/c1-4-15(10-7-11-16-15)14(19)17-12-8-5-6-9-13(12)18(2)3/h5-6,8-9,16H,4,7,10-11H2,1-3H3,(H,17,19). The van der Waals surface area contributed by atoms with E-state index in [1.54, 1.807) is 0 Å². The molecule has 4 nitrogen and oxygen atoms in total. The topological polar surface area (TPSA) is 44.4 Å². The fourth-order valence-electron chi connectivity index (χ4n) is 2.67. The van der Waals surface area contributed by atoms with Gasteiger partial charge in [-0.25, -0.2) is 0 Å². The normalized spacial score (nSPS) is 22.3. The van der Waals surface area contributed by atoms with Crippen molar-refractivity contribution in [3.63, 3.8) is 0 Å². The van der Waals surface area contributed by atoms with Crippen molar-refractivity contribution < 1.29 is 4.79 Å². The van der Waals surface area contributed by atoms with Crippen molar-refractivity contribution in [3.8, 4) is 0 Å². The van der Waals surface area contributed by atoms with Crippen LogP contribution in [-0.4, -0.2) is 32.1 Å². The van der Waals surface area contributed by atoms with Crippen LogP contribution in [0.5, 0.6) is 0 Å². The zero-order chi connectivity index (χ0) is 13.9. The maximum Gasteiger partial charge on any atom is 0.244 e. The number of hydrogen-bond acceptors (Lipinski definition) is 3. The summed E-state index contributed by atoms with van der Waals surface area (Å²) >= 11 is 0. The second-order valence-electron chi connectivity index (χ2n) is 5.33. The molecule has 1 fully saturated rings. The molecule has 0 bridgehead atoms. The molecule has 0 saturated carbocycles. The van der Waals surface area contributed by atoms with Gasteiger partial charge >= 0.3 is 0 Å². The maximum atomic E-state index is 12.6. The van der Waals surface area contributed by atoms with Crippen LogP contribution < -0.4 is 15.5 Å². The number of nitrogens with zero attached hydrogens (tertiary/aromatic N) is 1. The van der Waals surface area contributed by atoms with Gasteiger partial charge in [-0.05, 0) is 37.9 Å². The van der Waals surface area contributed by atoms with Crippen molar-refractivity contribution in [3.05, 3.63) is 24.3 Å². The number of anilines is 2. The Balaban J connectivity index is 2.19. The second-order valence-corrected chi connectivity index (χ2v) is 5.33. The number of amides is 1. The SMILES string of the molecule is CCC1(C(=O)Nc2ccccc2N(C)C)CCCN1. The lowest BCUT2D eigenvalue weighted by molar-refractivity contribution is -0.122. The second kappa shape index (κ2) is 5.61. The van der Waals surface area contributed by atoms with E-state index >= 15 is 0 Å². The molecule has 19 heavy (non-hydrogen) atoms. The van der Waals surface area contributed by atoms with Gasteiger partial charge in [0, 0.05) is 14.1 Å². The van der Waals surface area contributed by atoms with Crippen LogP contribution in [0.2, 0.25) is 0 Å². The molecule has 2 N–H and O–H groups in total. The molecular formula is C15H23N3O. The summed E-state index contributed by atoms with van der Waals surface area (Å²) in [5.41, 5.74) is 1.51. The third kappa shape index (κ3) is 2.73. The Hall–Kier alpha value is -1.55. The Morgan fingerprint density at radius 1 is 1.42 bits per heavy atom. The fraction of sp³-hybridized carbons (Fsp3) is 0.533. The quantitative estimate of drug-likeness (QED) is 0.873. The highest BCUT2D eigenvalue weighted by atomic mass is 16.2. The van der Waals surface area contributed by atoms with Crippen molar-refractivity contribution >= 4 is 17.3 Å². The Kier molecular flexibility index (Phi) is 4.10. The summed E-state index contributed by atoms with van der Waals surface area (Å²) in [6.45, 7) is 2.99. The smallest absolute Gasteiger partial charge is 0.244 e. The molecule has 0 radical (unpaired) electrons. The van der Waals surface area contributed by atoms with Crippen LogP contribution in [0.3, 0.4) is 0 Å². The van der Waals surface area contributed by atoms with E-state index in [1.807, 2.05) is 43.3 Å². The van der Waals surface area contributed by atoms with Crippen molar-refractivity contribution in [1.82, 2.24) is 5.32 Å². The van der Waals surface area contributed by atoms with E-state index in [9.17, 15) is 4.79 Å². The summed E-state index contributed by atoms with van der Waals surface area (Å²) < 4.78 is 0. The number of hydrogen-bond donors (Lipinski definition) is 2. The van der Waals surface area contributed by atoms with Crippen LogP contribution in [0.4, 0.5) is 11.4 Å². The number of benzene rings is 1. The van der Waals surface area contributed by atoms with E-state index in [2.05, 4.69) is 17.6 Å². The van der Waals surface area contributed by atoms with Gasteiger partial charge in [-0.2, -0.15) is 0 Å². The van der Waals surface area contributed by atoms with Gasteiger partial charge < -0.3 is 15.5 Å². The zero-order valence-corrected chi connectivity index (χ0v) is 12.0. The molecule has 1 saturated heterocycles. The Morgan fingerprint density at radius 3 is 2.74 bits per heavy atom. The lowest BCUT2D eigenvalue weighted by atomic mass is 9.93. The number of para-hydroxylation sites is 2. The molecular weight excluding hydrogens is 238 g/mol. The van der Waals surface area contributed by atoms with Gasteiger partial charge in [0.1, 0.15) is 0 Å². The summed E-state index contributed by atoms with van der Waals surface area (Å²) in [4.78, 5) is 14.6. The van der Waals surface area contributed by atoms with Gasteiger partial charge in [0.2, 0.25) is 5.91 Å². The van der Waals surface area contributed by atoms with Gasteiger partial charge in [0.15, 0.2) is 0 Å². The first kappa shape index (κ1) is 13.9. The van der Waals surface area contributed by atoms with Gasteiger partial charge in [-0.1, -0.05) is 19.1 Å². The molecule has 1 aromatic rings. The van der Waals surface area contributed by atoms with Crippen LogP contribution in [0.1, 0.15) is 26.2 Å². The highest BCUT2D eigenvalue weighted by molar-refractivity contribution is 6.00. The molecule has 104 valence electrons. The molecule has 0 aliphatic carbocycles. The molecule has 1 aliphatic rings. The molecule has 2 rings (SSSR count). The zero-order valence-electron chi connectivity index (χ0n) is 12.0. The summed E-state index contributed by atoms with van der Waals surface area (Å²) in [6.07, 6.45) is 2.80. The van der Waals surface area contributed by atoms with E-state index in [-0.39, 0.29) is 11.4 Å². The van der Waals surface area contributed by atoms with Gasteiger partial charge in [-0.15, -0.1) is 0 Å².